The molecule has 9 heteroatoms. The van der Waals surface area contributed by atoms with E-state index in [9.17, 15) is 24.9 Å². The molecule has 1 fully saturated rings. The van der Waals surface area contributed by atoms with Crippen LogP contribution in [0.5, 0.6) is 0 Å². The van der Waals surface area contributed by atoms with Crippen LogP contribution in [0.15, 0.2) is 47.4 Å². The monoisotopic (exact) mass is 421 g/mol. The molecule has 0 saturated heterocycles. The molecule has 154 valence electrons. The number of fused-ring (bicyclic) bond motifs is 1. The highest BCUT2D eigenvalue weighted by atomic mass is 35.5. The number of ether oxygens (including phenoxy) is 2. The predicted molar refractivity (Wildman–Crippen MR) is 100 cm³/mol. The summed E-state index contributed by atoms with van der Waals surface area (Å²) in [5.74, 6) is -6.06. The van der Waals surface area contributed by atoms with Gasteiger partial charge in [0.25, 0.3) is 0 Å². The van der Waals surface area contributed by atoms with Crippen LogP contribution in [-0.2, 0) is 19.1 Å². The zero-order chi connectivity index (χ0) is 20.9. The van der Waals surface area contributed by atoms with Crippen molar-refractivity contribution in [2.75, 3.05) is 0 Å². The first kappa shape index (κ1) is 19.8. The van der Waals surface area contributed by atoms with E-state index in [-0.39, 0.29) is 35.8 Å². The van der Waals surface area contributed by atoms with Crippen molar-refractivity contribution in [1.29, 1.82) is 0 Å². The summed E-state index contributed by atoms with van der Waals surface area (Å²) >= 11 is 5.99. The first-order valence-corrected chi connectivity index (χ1v) is 9.56. The molecule has 1 aromatic rings. The number of benzene rings is 1. The lowest BCUT2D eigenvalue weighted by molar-refractivity contribution is -0.212. The number of allylic oxidation sites excluding steroid dienone is 2. The molecule has 0 spiro atoms. The summed E-state index contributed by atoms with van der Waals surface area (Å²) in [6.07, 6.45) is 2.20. The molecule has 4 atom stereocenters. The molecular formula is C20H20ClNO7. The number of rotatable bonds is 5. The predicted octanol–water partition coefficient (Wildman–Crippen LogP) is 2.18. The molecule has 4 rings (SSSR count). The number of aliphatic hydroxyl groups is 1. The summed E-state index contributed by atoms with van der Waals surface area (Å²) in [6.45, 7) is 0. The van der Waals surface area contributed by atoms with E-state index in [1.165, 1.54) is 0 Å². The van der Waals surface area contributed by atoms with Crippen molar-refractivity contribution >= 4 is 23.5 Å². The molecule has 29 heavy (non-hydrogen) atoms. The molecule has 0 bridgehead atoms. The smallest absolute Gasteiger partial charge is 0.452 e. The van der Waals surface area contributed by atoms with E-state index in [0.29, 0.717) is 23.4 Å². The van der Waals surface area contributed by atoms with Crippen LogP contribution in [0.3, 0.4) is 0 Å². The summed E-state index contributed by atoms with van der Waals surface area (Å²) in [5, 5.41) is 29.7. The fraction of sp³-hybridized carbons (Fsp3) is 0.400. The van der Waals surface area contributed by atoms with Gasteiger partial charge in [-0.1, -0.05) is 29.3 Å². The zero-order valence-electron chi connectivity index (χ0n) is 15.2. The number of carboxylic acids is 2. The first-order chi connectivity index (χ1) is 13.7. The molecule has 1 heterocycles. The average Bonchev–Trinajstić information content (AvgIpc) is 3.19. The van der Waals surface area contributed by atoms with Gasteiger partial charge in [-0.2, -0.15) is 0 Å². The van der Waals surface area contributed by atoms with E-state index >= 15 is 0 Å². The number of aliphatic carboxylic acids is 2. The van der Waals surface area contributed by atoms with Crippen LogP contribution in [0.4, 0.5) is 0 Å². The van der Waals surface area contributed by atoms with Crippen molar-refractivity contribution in [2.45, 2.75) is 37.2 Å². The number of nitrogens with two attached hydrogens (primary N) is 1. The fourth-order valence-corrected chi connectivity index (χ4v) is 4.52. The van der Waals surface area contributed by atoms with Crippen LogP contribution >= 0.6 is 11.6 Å². The number of carbonyl (C=O) groups is 2. The van der Waals surface area contributed by atoms with Gasteiger partial charge in [0.15, 0.2) is 5.76 Å². The van der Waals surface area contributed by atoms with E-state index in [1.54, 1.807) is 30.3 Å². The van der Waals surface area contributed by atoms with Crippen molar-refractivity contribution in [2.24, 2.45) is 17.6 Å². The molecule has 0 radical (unpaired) electrons. The quantitative estimate of drug-likeness (QED) is 0.530. The summed E-state index contributed by atoms with van der Waals surface area (Å²) in [6, 6.07) is 6.74. The van der Waals surface area contributed by atoms with E-state index in [4.69, 9.17) is 26.8 Å². The van der Waals surface area contributed by atoms with E-state index in [2.05, 4.69) is 0 Å². The van der Waals surface area contributed by atoms with Gasteiger partial charge < -0.3 is 30.5 Å². The third kappa shape index (κ3) is 3.27. The molecular weight excluding hydrogens is 402 g/mol. The van der Waals surface area contributed by atoms with Crippen LogP contribution in [0.2, 0.25) is 5.02 Å². The molecule has 8 nitrogen and oxygen atoms in total. The number of hydrogen-bond donors (Lipinski definition) is 4. The molecule has 0 aromatic heterocycles. The maximum Gasteiger partial charge on any atom is 0.452 e. The van der Waals surface area contributed by atoms with Crippen molar-refractivity contribution in [3.8, 4) is 0 Å². The Balaban J connectivity index is 1.49. The molecule has 2 aliphatic carbocycles. The van der Waals surface area contributed by atoms with Gasteiger partial charge in [-0.05, 0) is 42.5 Å². The van der Waals surface area contributed by atoms with Gasteiger partial charge >= 0.3 is 17.7 Å². The Bertz CT molecular complexity index is 927. The molecule has 1 aliphatic heterocycles. The van der Waals surface area contributed by atoms with E-state index in [0.717, 1.165) is 5.57 Å². The minimum atomic E-state index is -2.76. The summed E-state index contributed by atoms with van der Waals surface area (Å²) in [4.78, 5) is 22.8. The highest BCUT2D eigenvalue weighted by Crippen LogP contribution is 2.49. The van der Waals surface area contributed by atoms with Gasteiger partial charge in [-0.25, -0.2) is 9.59 Å². The molecule has 1 saturated carbocycles. The summed E-state index contributed by atoms with van der Waals surface area (Å²) in [5.41, 5.74) is 8.09. The van der Waals surface area contributed by atoms with Gasteiger partial charge in [0, 0.05) is 23.4 Å². The maximum atomic E-state index is 11.4. The zero-order valence-corrected chi connectivity index (χ0v) is 16.0. The lowest BCUT2D eigenvalue weighted by atomic mass is 9.88. The first-order valence-electron chi connectivity index (χ1n) is 9.19. The average molecular weight is 422 g/mol. The molecule has 5 N–H and O–H groups in total. The van der Waals surface area contributed by atoms with E-state index < -0.39 is 23.8 Å². The van der Waals surface area contributed by atoms with Crippen molar-refractivity contribution in [3.63, 3.8) is 0 Å². The van der Waals surface area contributed by atoms with Gasteiger partial charge in [0.1, 0.15) is 5.76 Å². The number of carboxylic acid groups (broad SMARTS) is 2. The Morgan fingerprint density at radius 3 is 2.62 bits per heavy atom. The van der Waals surface area contributed by atoms with Crippen molar-refractivity contribution < 1.29 is 34.4 Å². The third-order valence-corrected chi connectivity index (χ3v) is 6.06. The summed E-state index contributed by atoms with van der Waals surface area (Å²) < 4.78 is 10.4. The Morgan fingerprint density at radius 1 is 1.24 bits per heavy atom. The van der Waals surface area contributed by atoms with Gasteiger partial charge in [-0.15, -0.1) is 0 Å². The SMILES string of the molecule is NC1C(CC(O)c2cccc(Cl)c2)CC2=CC3=C(CC21)OC(C(=O)O)(C(=O)O)O3. The Kier molecular flexibility index (Phi) is 4.80. The van der Waals surface area contributed by atoms with E-state index in [1.807, 2.05) is 0 Å². The molecule has 0 amide bonds. The number of hydrogen-bond acceptors (Lipinski definition) is 6. The largest absolute Gasteiger partial charge is 0.475 e. The van der Waals surface area contributed by atoms with Crippen LogP contribution in [0, 0.1) is 11.8 Å². The van der Waals surface area contributed by atoms with Crippen LogP contribution in [0.25, 0.3) is 0 Å². The van der Waals surface area contributed by atoms with Gasteiger partial charge in [-0.3, -0.25) is 0 Å². The standard InChI is InChI=1S/C20H20ClNO7/c21-12-3-1-2-9(5-12)14(23)6-11-4-10-7-15-16(8-13(10)17(11)22)29-20(28-15,18(24)25)19(26)27/h1-3,5,7,11,13-14,17,23H,4,6,8,22H2,(H,24,25)(H,26,27). The second-order valence-electron chi connectivity index (χ2n) is 7.60. The second-order valence-corrected chi connectivity index (χ2v) is 8.03. The minimum Gasteiger partial charge on any atom is -0.475 e. The molecule has 1 aromatic carbocycles. The van der Waals surface area contributed by atoms with Crippen molar-refractivity contribution in [1.82, 2.24) is 0 Å². The fourth-order valence-electron chi connectivity index (χ4n) is 4.32. The highest BCUT2D eigenvalue weighted by molar-refractivity contribution is 6.30. The van der Waals surface area contributed by atoms with Crippen LogP contribution in [0.1, 0.15) is 30.9 Å². The lowest BCUT2D eigenvalue weighted by Crippen LogP contribution is -2.48. The van der Waals surface area contributed by atoms with Crippen molar-refractivity contribution in [3.05, 3.63) is 58.0 Å². The normalized spacial score (nSPS) is 28.0. The third-order valence-electron chi connectivity index (χ3n) is 5.82. The summed E-state index contributed by atoms with van der Waals surface area (Å²) in [7, 11) is 0. The maximum absolute atomic E-state index is 11.4. The molecule has 3 aliphatic rings. The van der Waals surface area contributed by atoms with Gasteiger partial charge in [0.05, 0.1) is 6.10 Å². The topological polar surface area (TPSA) is 139 Å². The Labute approximate surface area is 171 Å². The van der Waals surface area contributed by atoms with Gasteiger partial charge in [0.2, 0.25) is 0 Å². The second kappa shape index (κ2) is 7.05. The molecule has 4 unspecified atom stereocenters. The lowest BCUT2D eigenvalue weighted by Gasteiger charge is -2.24. The van der Waals surface area contributed by atoms with Crippen LogP contribution < -0.4 is 5.73 Å². The highest BCUT2D eigenvalue weighted by Gasteiger charge is 2.59. The Hall–Kier alpha value is -2.55. The number of aliphatic hydroxyl groups excluding tert-OH is 1. The number of halogens is 1. The Morgan fingerprint density at radius 2 is 1.97 bits per heavy atom. The van der Waals surface area contributed by atoms with Crippen LogP contribution in [-0.4, -0.2) is 39.1 Å². The minimum absolute atomic E-state index is 0.0102.